The lowest BCUT2D eigenvalue weighted by atomic mass is 10.1. The number of sulfonamides is 1. The molecule has 28 heavy (non-hydrogen) atoms. The van der Waals surface area contributed by atoms with Crippen LogP contribution in [0, 0.1) is 0 Å². The lowest BCUT2D eigenvalue weighted by Gasteiger charge is -2.12. The van der Waals surface area contributed by atoms with E-state index in [9.17, 15) is 18.3 Å². The first-order valence-corrected chi connectivity index (χ1v) is 10.3. The minimum Gasteiger partial charge on any atom is -0.491 e. The molecular weight excluding hydrogens is 382 g/mol. The zero-order chi connectivity index (χ0) is 20.6. The normalized spacial score (nSPS) is 12.4. The summed E-state index contributed by atoms with van der Waals surface area (Å²) in [5.41, 5.74) is 1.38. The number of nitrogens with two attached hydrogens (primary N) is 1. The molecule has 0 saturated carbocycles. The summed E-state index contributed by atoms with van der Waals surface area (Å²) in [6.07, 6.45) is -0.0479. The Kier molecular flexibility index (Phi) is 7.94. The van der Waals surface area contributed by atoms with Crippen LogP contribution >= 0.6 is 0 Å². The summed E-state index contributed by atoms with van der Waals surface area (Å²) < 4.78 is 27.9. The molecule has 0 aliphatic heterocycles. The second-order valence-electron chi connectivity index (χ2n) is 6.24. The van der Waals surface area contributed by atoms with Gasteiger partial charge in [0.15, 0.2) is 0 Å². The molecule has 2 aromatic carbocycles. The van der Waals surface area contributed by atoms with Crippen LogP contribution in [0.25, 0.3) is 0 Å². The van der Waals surface area contributed by atoms with E-state index >= 15 is 0 Å². The molecule has 152 valence electrons. The van der Waals surface area contributed by atoms with Crippen LogP contribution < -0.4 is 20.5 Å². The first-order valence-electron chi connectivity index (χ1n) is 8.75. The van der Waals surface area contributed by atoms with Gasteiger partial charge in [0.1, 0.15) is 18.5 Å². The van der Waals surface area contributed by atoms with E-state index in [-0.39, 0.29) is 17.4 Å². The molecule has 1 atom stereocenters. The third kappa shape index (κ3) is 6.93. The Labute approximate surface area is 164 Å². The Balaban J connectivity index is 1.79. The summed E-state index contributed by atoms with van der Waals surface area (Å²) in [7, 11) is -1.96. The molecule has 0 aromatic heterocycles. The van der Waals surface area contributed by atoms with Gasteiger partial charge in [0.05, 0.1) is 4.90 Å². The van der Waals surface area contributed by atoms with Crippen molar-refractivity contribution in [1.29, 1.82) is 0 Å². The molecule has 0 spiro atoms. The number of aliphatic hydroxyl groups is 1. The molecule has 1 unspecified atom stereocenters. The number of hydrogen-bond donors (Lipinski definition) is 4. The second-order valence-corrected chi connectivity index (χ2v) is 7.80. The van der Waals surface area contributed by atoms with Crippen LogP contribution in [0.15, 0.2) is 53.4 Å². The van der Waals surface area contributed by atoms with Gasteiger partial charge in [-0.2, -0.15) is 0 Å². The van der Waals surface area contributed by atoms with Crippen molar-refractivity contribution in [2.45, 2.75) is 17.4 Å². The van der Waals surface area contributed by atoms with Gasteiger partial charge in [-0.05, 0) is 55.4 Å². The number of benzene rings is 2. The SMILES string of the molecule is CNCC(O)COc1ccc(C(=O)NCCc2ccc(S(N)(=O)=O)cc2)cc1. The number of hydrogen-bond acceptors (Lipinski definition) is 6. The first-order chi connectivity index (χ1) is 13.3. The van der Waals surface area contributed by atoms with E-state index in [1.165, 1.54) is 12.1 Å². The highest BCUT2D eigenvalue weighted by molar-refractivity contribution is 7.89. The Morgan fingerprint density at radius 3 is 2.36 bits per heavy atom. The smallest absolute Gasteiger partial charge is 0.251 e. The van der Waals surface area contributed by atoms with E-state index in [0.29, 0.717) is 30.8 Å². The van der Waals surface area contributed by atoms with E-state index in [2.05, 4.69) is 10.6 Å². The molecule has 0 bridgehead atoms. The second kappa shape index (κ2) is 10.2. The predicted molar refractivity (Wildman–Crippen MR) is 106 cm³/mol. The van der Waals surface area contributed by atoms with Gasteiger partial charge >= 0.3 is 0 Å². The summed E-state index contributed by atoms with van der Waals surface area (Å²) in [4.78, 5) is 12.2. The number of likely N-dealkylation sites (N-methyl/N-ethyl adjacent to an activating group) is 1. The van der Waals surface area contributed by atoms with Crippen LogP contribution in [0.4, 0.5) is 0 Å². The fraction of sp³-hybridized carbons (Fsp3) is 0.316. The number of carbonyl (C=O) groups is 1. The van der Waals surface area contributed by atoms with Gasteiger partial charge in [-0.3, -0.25) is 4.79 Å². The van der Waals surface area contributed by atoms with Gasteiger partial charge in [-0.25, -0.2) is 13.6 Å². The molecule has 0 aliphatic rings. The highest BCUT2D eigenvalue weighted by atomic mass is 32.2. The Bertz CT molecular complexity index is 867. The van der Waals surface area contributed by atoms with Crippen LogP contribution in [-0.2, 0) is 16.4 Å². The zero-order valence-electron chi connectivity index (χ0n) is 15.6. The molecule has 9 heteroatoms. The van der Waals surface area contributed by atoms with Gasteiger partial charge in [0.2, 0.25) is 10.0 Å². The molecule has 0 heterocycles. The molecular formula is C19H25N3O5S. The van der Waals surface area contributed by atoms with Crippen LogP contribution in [0.1, 0.15) is 15.9 Å². The van der Waals surface area contributed by atoms with Gasteiger partial charge in [0, 0.05) is 18.7 Å². The number of ether oxygens (including phenoxy) is 1. The van der Waals surface area contributed by atoms with Crippen molar-refractivity contribution in [1.82, 2.24) is 10.6 Å². The minimum atomic E-state index is -3.70. The van der Waals surface area contributed by atoms with E-state index in [1.54, 1.807) is 43.4 Å². The fourth-order valence-corrected chi connectivity index (χ4v) is 2.97. The van der Waals surface area contributed by atoms with Crippen LogP contribution in [0.5, 0.6) is 5.75 Å². The number of aliphatic hydroxyl groups excluding tert-OH is 1. The van der Waals surface area contributed by atoms with Crippen molar-refractivity contribution in [3.63, 3.8) is 0 Å². The monoisotopic (exact) mass is 407 g/mol. The van der Waals surface area contributed by atoms with Gasteiger partial charge < -0.3 is 20.5 Å². The van der Waals surface area contributed by atoms with Crippen molar-refractivity contribution in [3.05, 3.63) is 59.7 Å². The summed E-state index contributed by atoms with van der Waals surface area (Å²) in [5.74, 6) is 0.351. The highest BCUT2D eigenvalue weighted by Crippen LogP contribution is 2.13. The number of rotatable bonds is 10. The van der Waals surface area contributed by atoms with E-state index in [0.717, 1.165) is 5.56 Å². The van der Waals surface area contributed by atoms with Crippen LogP contribution in [-0.4, -0.2) is 52.3 Å². The average Bonchev–Trinajstić information content (AvgIpc) is 2.66. The standard InChI is InChI=1S/C19H25N3O5S/c1-21-12-16(23)13-27-17-6-4-15(5-7-17)19(24)22-11-10-14-2-8-18(9-3-14)28(20,25)26/h2-9,16,21,23H,10-13H2,1H3,(H,22,24)(H2,20,25,26). The number of primary sulfonamides is 1. The third-order valence-electron chi connectivity index (χ3n) is 3.95. The molecule has 1 amide bonds. The summed E-state index contributed by atoms with van der Waals surface area (Å²) >= 11 is 0. The largest absolute Gasteiger partial charge is 0.491 e. The number of nitrogens with one attached hydrogen (secondary N) is 2. The number of amides is 1. The van der Waals surface area contributed by atoms with Gasteiger partial charge in [0.25, 0.3) is 5.91 Å². The maximum atomic E-state index is 12.2. The molecule has 2 rings (SSSR count). The van der Waals surface area contributed by atoms with E-state index in [4.69, 9.17) is 9.88 Å². The zero-order valence-corrected chi connectivity index (χ0v) is 16.4. The van der Waals surface area contributed by atoms with Crippen LogP contribution in [0.3, 0.4) is 0 Å². The lowest BCUT2D eigenvalue weighted by Crippen LogP contribution is -2.29. The predicted octanol–water partition coefficient (Wildman–Crippen LogP) is 0.266. The minimum absolute atomic E-state index is 0.0565. The summed E-state index contributed by atoms with van der Waals surface area (Å²) in [5, 5.41) is 20.3. The molecule has 0 radical (unpaired) electrons. The van der Waals surface area contributed by atoms with Gasteiger partial charge in [-0.15, -0.1) is 0 Å². The maximum Gasteiger partial charge on any atom is 0.251 e. The number of carbonyl (C=O) groups excluding carboxylic acids is 1. The first kappa shape index (κ1) is 21.8. The Morgan fingerprint density at radius 1 is 1.14 bits per heavy atom. The molecule has 0 aliphatic carbocycles. The molecule has 5 N–H and O–H groups in total. The van der Waals surface area contributed by atoms with Crippen molar-refractivity contribution >= 4 is 15.9 Å². The quantitative estimate of drug-likeness (QED) is 0.447. The topological polar surface area (TPSA) is 131 Å². The van der Waals surface area contributed by atoms with Crippen molar-refractivity contribution < 1.29 is 23.1 Å². The van der Waals surface area contributed by atoms with E-state index < -0.39 is 16.1 Å². The third-order valence-corrected chi connectivity index (χ3v) is 4.88. The Morgan fingerprint density at radius 2 is 1.79 bits per heavy atom. The summed E-state index contributed by atoms with van der Waals surface area (Å²) in [6.45, 7) is 1.00. The lowest BCUT2D eigenvalue weighted by molar-refractivity contribution is 0.0953. The van der Waals surface area contributed by atoms with Crippen LogP contribution in [0.2, 0.25) is 0 Å². The maximum absolute atomic E-state index is 12.2. The molecule has 0 fully saturated rings. The Hall–Kier alpha value is -2.46. The summed E-state index contributed by atoms with van der Waals surface area (Å²) in [6, 6.07) is 12.9. The van der Waals surface area contributed by atoms with Crippen molar-refractivity contribution in [3.8, 4) is 5.75 Å². The molecule has 0 saturated heterocycles. The average molecular weight is 407 g/mol. The van der Waals surface area contributed by atoms with E-state index in [1.807, 2.05) is 0 Å². The van der Waals surface area contributed by atoms with Gasteiger partial charge in [-0.1, -0.05) is 12.1 Å². The molecule has 8 nitrogen and oxygen atoms in total. The highest BCUT2D eigenvalue weighted by Gasteiger charge is 2.09. The van der Waals surface area contributed by atoms with Crippen molar-refractivity contribution in [2.24, 2.45) is 5.14 Å². The molecule has 2 aromatic rings. The fourth-order valence-electron chi connectivity index (χ4n) is 2.46. The van der Waals surface area contributed by atoms with Crippen molar-refractivity contribution in [2.75, 3.05) is 26.7 Å².